The third-order valence-corrected chi connectivity index (χ3v) is 5.32. The number of amidine groups is 1. The Bertz CT molecular complexity index is 402. The second kappa shape index (κ2) is 7.06. The van der Waals surface area contributed by atoms with E-state index in [1.807, 2.05) is 6.92 Å². The molecular weight excluding hydrogens is 268 g/mol. The van der Waals surface area contributed by atoms with E-state index in [0.717, 1.165) is 12.8 Å². The number of nitrogens with zero attached hydrogens (tertiary/aromatic N) is 3. The summed E-state index contributed by atoms with van der Waals surface area (Å²) in [5, 5.41) is 11.4. The Labute approximate surface area is 115 Å². The van der Waals surface area contributed by atoms with Crippen LogP contribution in [0.5, 0.6) is 0 Å². The molecule has 0 saturated carbocycles. The summed E-state index contributed by atoms with van der Waals surface area (Å²) in [6, 6.07) is 0. The Morgan fingerprint density at radius 1 is 1.47 bits per heavy atom. The van der Waals surface area contributed by atoms with Crippen LogP contribution in [0.4, 0.5) is 0 Å². The number of piperidine rings is 1. The van der Waals surface area contributed by atoms with Gasteiger partial charge in [0.05, 0.1) is 6.54 Å². The van der Waals surface area contributed by atoms with Gasteiger partial charge in [0.1, 0.15) is 0 Å². The van der Waals surface area contributed by atoms with Crippen molar-refractivity contribution >= 4 is 16.0 Å². The van der Waals surface area contributed by atoms with E-state index in [0.29, 0.717) is 32.0 Å². The first-order valence-electron chi connectivity index (χ1n) is 6.63. The third-order valence-electron chi connectivity index (χ3n) is 3.33. The quantitative estimate of drug-likeness (QED) is 0.321. The van der Waals surface area contributed by atoms with Crippen LogP contribution in [-0.4, -0.2) is 54.3 Å². The highest BCUT2D eigenvalue weighted by Crippen LogP contribution is 2.20. The second-order valence-electron chi connectivity index (χ2n) is 5.01. The number of oxime groups is 1. The molecule has 0 bridgehead atoms. The van der Waals surface area contributed by atoms with Gasteiger partial charge in [-0.25, -0.2) is 0 Å². The van der Waals surface area contributed by atoms with Gasteiger partial charge in [-0.15, -0.1) is 0 Å². The fraction of sp³-hybridized carbons (Fsp3) is 0.909. The predicted molar refractivity (Wildman–Crippen MR) is 74.2 cm³/mol. The molecule has 1 aliphatic heterocycles. The van der Waals surface area contributed by atoms with Gasteiger partial charge < -0.3 is 10.9 Å². The molecule has 0 amide bonds. The van der Waals surface area contributed by atoms with E-state index in [-0.39, 0.29) is 12.4 Å². The van der Waals surface area contributed by atoms with Crippen molar-refractivity contribution in [1.29, 1.82) is 0 Å². The summed E-state index contributed by atoms with van der Waals surface area (Å²) in [6.07, 6.45) is 2.44. The molecule has 1 fully saturated rings. The van der Waals surface area contributed by atoms with Crippen molar-refractivity contribution < 1.29 is 13.6 Å². The molecule has 3 N–H and O–H groups in total. The molecule has 0 unspecified atom stereocenters. The summed E-state index contributed by atoms with van der Waals surface area (Å²) in [6.45, 7) is 5.40. The van der Waals surface area contributed by atoms with Crippen LogP contribution in [0.3, 0.4) is 0 Å². The largest absolute Gasteiger partial charge is 0.409 e. The van der Waals surface area contributed by atoms with E-state index >= 15 is 0 Å². The molecule has 0 radical (unpaired) electrons. The van der Waals surface area contributed by atoms with E-state index in [1.54, 1.807) is 0 Å². The fourth-order valence-corrected chi connectivity index (χ4v) is 3.82. The smallest absolute Gasteiger partial charge is 0.282 e. The van der Waals surface area contributed by atoms with E-state index in [9.17, 15) is 8.42 Å². The van der Waals surface area contributed by atoms with Gasteiger partial charge in [-0.3, -0.25) is 0 Å². The topological polar surface area (TPSA) is 99.2 Å². The Balaban J connectivity index is 2.80. The highest BCUT2D eigenvalue weighted by atomic mass is 32.2. The van der Waals surface area contributed by atoms with E-state index in [4.69, 9.17) is 10.9 Å². The van der Waals surface area contributed by atoms with E-state index in [2.05, 4.69) is 12.1 Å². The average Bonchev–Trinajstić information content (AvgIpc) is 2.38. The fourth-order valence-electron chi connectivity index (χ4n) is 2.12. The average molecular weight is 292 g/mol. The maximum Gasteiger partial charge on any atom is 0.282 e. The van der Waals surface area contributed by atoms with Crippen molar-refractivity contribution in [2.75, 3.05) is 26.2 Å². The first-order valence-corrected chi connectivity index (χ1v) is 8.03. The molecule has 0 aromatic heterocycles. The monoisotopic (exact) mass is 292 g/mol. The van der Waals surface area contributed by atoms with Gasteiger partial charge in [0.25, 0.3) is 10.2 Å². The Kier molecular flexibility index (Phi) is 6.02. The minimum Gasteiger partial charge on any atom is -0.409 e. The summed E-state index contributed by atoms with van der Waals surface area (Å²) in [4.78, 5) is 0. The molecule has 0 atom stereocenters. The lowest BCUT2D eigenvalue weighted by molar-refractivity contribution is 0.267. The van der Waals surface area contributed by atoms with Crippen molar-refractivity contribution in [2.24, 2.45) is 16.8 Å². The highest BCUT2D eigenvalue weighted by Gasteiger charge is 2.32. The standard InChI is InChI=1S/C11H24N4O3S/c1-3-6-15(9-11(12)13-16)19(17,18)14-7-4-10(2)5-8-14/h10,16H,3-9H2,1-2H3,(H2,12,13). The van der Waals surface area contributed by atoms with Gasteiger partial charge in [0.2, 0.25) is 0 Å². The van der Waals surface area contributed by atoms with Crippen LogP contribution in [0, 0.1) is 5.92 Å². The molecule has 0 spiro atoms. The van der Waals surface area contributed by atoms with Gasteiger partial charge in [0, 0.05) is 19.6 Å². The molecule has 19 heavy (non-hydrogen) atoms. The van der Waals surface area contributed by atoms with Gasteiger partial charge in [-0.1, -0.05) is 19.0 Å². The first-order chi connectivity index (χ1) is 8.91. The van der Waals surface area contributed by atoms with Crippen molar-refractivity contribution in [2.45, 2.75) is 33.1 Å². The number of hydrogen-bond donors (Lipinski definition) is 2. The summed E-state index contributed by atoms with van der Waals surface area (Å²) in [5.74, 6) is 0.470. The van der Waals surface area contributed by atoms with Crippen molar-refractivity contribution in [3.8, 4) is 0 Å². The molecule has 0 aliphatic carbocycles. The van der Waals surface area contributed by atoms with Crippen LogP contribution in [-0.2, 0) is 10.2 Å². The van der Waals surface area contributed by atoms with Crippen LogP contribution >= 0.6 is 0 Å². The van der Waals surface area contributed by atoms with Gasteiger partial charge in [-0.2, -0.15) is 17.0 Å². The zero-order valence-corrected chi connectivity index (χ0v) is 12.4. The molecule has 1 heterocycles. The van der Waals surface area contributed by atoms with Crippen LogP contribution in [0.2, 0.25) is 0 Å². The minimum absolute atomic E-state index is 0.0707. The lowest BCUT2D eigenvalue weighted by Crippen LogP contribution is -2.49. The van der Waals surface area contributed by atoms with Crippen molar-refractivity contribution in [3.05, 3.63) is 0 Å². The Morgan fingerprint density at radius 3 is 2.53 bits per heavy atom. The highest BCUT2D eigenvalue weighted by molar-refractivity contribution is 7.86. The predicted octanol–water partition coefficient (Wildman–Crippen LogP) is 0.422. The molecule has 112 valence electrons. The molecule has 8 heteroatoms. The molecular formula is C11H24N4O3S. The van der Waals surface area contributed by atoms with E-state index in [1.165, 1.54) is 8.61 Å². The van der Waals surface area contributed by atoms with Crippen LogP contribution in [0.25, 0.3) is 0 Å². The third kappa shape index (κ3) is 4.32. The second-order valence-corrected chi connectivity index (χ2v) is 6.94. The number of hydrogen-bond acceptors (Lipinski definition) is 4. The zero-order chi connectivity index (χ0) is 14.5. The normalized spacial score (nSPS) is 20.1. The summed E-state index contributed by atoms with van der Waals surface area (Å²) < 4.78 is 27.8. The SMILES string of the molecule is CCCN(CC(N)=NO)S(=O)(=O)N1CCC(C)CC1. The molecule has 1 aliphatic rings. The molecule has 1 rings (SSSR count). The summed E-state index contributed by atoms with van der Waals surface area (Å²) in [5.41, 5.74) is 5.43. The summed E-state index contributed by atoms with van der Waals surface area (Å²) in [7, 11) is -3.52. The number of nitrogens with two attached hydrogens (primary N) is 1. The Hall–Kier alpha value is -0.860. The first kappa shape index (κ1) is 16.2. The molecule has 0 aromatic carbocycles. The number of rotatable bonds is 6. The maximum atomic E-state index is 12.5. The minimum atomic E-state index is -3.52. The zero-order valence-electron chi connectivity index (χ0n) is 11.6. The molecule has 1 saturated heterocycles. The van der Waals surface area contributed by atoms with Gasteiger partial charge in [0.15, 0.2) is 5.84 Å². The van der Waals surface area contributed by atoms with Crippen molar-refractivity contribution in [1.82, 2.24) is 8.61 Å². The van der Waals surface area contributed by atoms with Gasteiger partial charge >= 0.3 is 0 Å². The lowest BCUT2D eigenvalue weighted by atomic mass is 10.0. The van der Waals surface area contributed by atoms with Crippen molar-refractivity contribution in [3.63, 3.8) is 0 Å². The Morgan fingerprint density at radius 2 is 2.05 bits per heavy atom. The van der Waals surface area contributed by atoms with E-state index < -0.39 is 10.2 Å². The van der Waals surface area contributed by atoms with Gasteiger partial charge in [-0.05, 0) is 25.2 Å². The van der Waals surface area contributed by atoms with Crippen LogP contribution < -0.4 is 5.73 Å². The maximum absolute atomic E-state index is 12.5. The molecule has 0 aromatic rings. The van der Waals surface area contributed by atoms with Crippen LogP contribution in [0.1, 0.15) is 33.1 Å². The summed E-state index contributed by atoms with van der Waals surface area (Å²) >= 11 is 0. The lowest BCUT2D eigenvalue weighted by Gasteiger charge is -2.33. The van der Waals surface area contributed by atoms with Crippen LogP contribution in [0.15, 0.2) is 5.16 Å². The molecule has 7 nitrogen and oxygen atoms in total.